The Bertz CT molecular complexity index is 512. The molecule has 1 fully saturated rings. The van der Waals surface area contributed by atoms with Crippen LogP contribution in [0, 0.1) is 0 Å². The zero-order chi connectivity index (χ0) is 16.2. The van der Waals surface area contributed by atoms with Gasteiger partial charge in [-0.2, -0.15) is 0 Å². The second-order valence-electron chi connectivity index (χ2n) is 7.06. The average molecular weight is 324 g/mol. The fourth-order valence-corrected chi connectivity index (χ4v) is 3.32. The smallest absolute Gasteiger partial charge is 0.191 e. The van der Waals surface area contributed by atoms with Gasteiger partial charge in [-0.25, -0.2) is 4.98 Å². The zero-order valence-electron chi connectivity index (χ0n) is 14.3. The molecule has 0 saturated carbocycles. The van der Waals surface area contributed by atoms with E-state index in [9.17, 15) is 0 Å². The summed E-state index contributed by atoms with van der Waals surface area (Å²) in [5.74, 6) is 0.796. The first-order valence-electron chi connectivity index (χ1n) is 7.86. The minimum Gasteiger partial charge on any atom is -0.373 e. The monoisotopic (exact) mass is 324 g/mol. The summed E-state index contributed by atoms with van der Waals surface area (Å²) < 4.78 is 5.78. The molecule has 1 unspecified atom stereocenters. The molecule has 0 spiro atoms. The number of aliphatic imine (C=N–C) groups is 1. The van der Waals surface area contributed by atoms with Crippen LogP contribution in [0.15, 0.2) is 10.4 Å². The van der Waals surface area contributed by atoms with Crippen LogP contribution in [0.1, 0.15) is 51.2 Å². The van der Waals surface area contributed by atoms with E-state index in [1.54, 1.807) is 18.4 Å². The van der Waals surface area contributed by atoms with E-state index in [0.717, 1.165) is 42.7 Å². The van der Waals surface area contributed by atoms with E-state index in [2.05, 4.69) is 53.7 Å². The SMILES string of the molecule is CN=C(NCc1nc(C(C)(C)C)cs1)NCC1(C)CCCO1. The predicted octanol–water partition coefficient (Wildman–Crippen LogP) is 2.67. The van der Waals surface area contributed by atoms with Crippen molar-refractivity contribution in [1.29, 1.82) is 0 Å². The normalized spacial score (nSPS) is 22.9. The number of thiazole rings is 1. The van der Waals surface area contributed by atoms with Crippen LogP contribution in [0.25, 0.3) is 0 Å². The van der Waals surface area contributed by atoms with Crippen LogP contribution in [0.4, 0.5) is 0 Å². The highest BCUT2D eigenvalue weighted by molar-refractivity contribution is 7.09. The highest BCUT2D eigenvalue weighted by Crippen LogP contribution is 2.24. The van der Waals surface area contributed by atoms with E-state index in [1.807, 2.05) is 0 Å². The van der Waals surface area contributed by atoms with Crippen molar-refractivity contribution in [2.75, 3.05) is 20.2 Å². The zero-order valence-corrected chi connectivity index (χ0v) is 15.1. The number of ether oxygens (including phenoxy) is 1. The molecular formula is C16H28N4OS. The molecule has 124 valence electrons. The summed E-state index contributed by atoms with van der Waals surface area (Å²) in [7, 11) is 1.79. The lowest BCUT2D eigenvalue weighted by molar-refractivity contribution is 0.0243. The molecule has 1 saturated heterocycles. The van der Waals surface area contributed by atoms with Crippen molar-refractivity contribution in [1.82, 2.24) is 15.6 Å². The van der Waals surface area contributed by atoms with Gasteiger partial charge in [0.15, 0.2) is 5.96 Å². The van der Waals surface area contributed by atoms with Crippen LogP contribution in [0.3, 0.4) is 0 Å². The summed E-state index contributed by atoms with van der Waals surface area (Å²) in [6.45, 7) is 11.0. The number of rotatable bonds is 4. The van der Waals surface area contributed by atoms with Crippen molar-refractivity contribution in [3.8, 4) is 0 Å². The number of guanidine groups is 1. The highest BCUT2D eigenvalue weighted by atomic mass is 32.1. The third-order valence-corrected chi connectivity index (χ3v) is 4.73. The van der Waals surface area contributed by atoms with Gasteiger partial charge in [-0.15, -0.1) is 11.3 Å². The van der Waals surface area contributed by atoms with E-state index in [1.165, 1.54) is 0 Å². The Hall–Kier alpha value is -1.14. The predicted molar refractivity (Wildman–Crippen MR) is 92.6 cm³/mol. The maximum Gasteiger partial charge on any atom is 0.191 e. The number of aromatic nitrogens is 1. The van der Waals surface area contributed by atoms with Crippen molar-refractivity contribution in [2.24, 2.45) is 4.99 Å². The third-order valence-electron chi connectivity index (χ3n) is 3.88. The fourth-order valence-electron chi connectivity index (χ4n) is 2.36. The minimum atomic E-state index is -0.0712. The van der Waals surface area contributed by atoms with Gasteiger partial charge < -0.3 is 15.4 Å². The summed E-state index contributed by atoms with van der Waals surface area (Å²) >= 11 is 1.69. The Kier molecular flexibility index (Phi) is 5.45. The summed E-state index contributed by atoms with van der Waals surface area (Å²) in [5, 5.41) is 9.89. The summed E-state index contributed by atoms with van der Waals surface area (Å²) in [6.07, 6.45) is 2.23. The van der Waals surface area contributed by atoms with Crippen molar-refractivity contribution >= 4 is 17.3 Å². The number of hydrogen-bond acceptors (Lipinski definition) is 4. The molecule has 2 heterocycles. The van der Waals surface area contributed by atoms with Crippen LogP contribution in [-0.2, 0) is 16.7 Å². The van der Waals surface area contributed by atoms with Crippen molar-refractivity contribution in [3.63, 3.8) is 0 Å². The molecule has 0 bridgehead atoms. The number of nitrogens with zero attached hydrogens (tertiary/aromatic N) is 2. The van der Waals surface area contributed by atoms with Crippen LogP contribution >= 0.6 is 11.3 Å². The largest absolute Gasteiger partial charge is 0.373 e. The van der Waals surface area contributed by atoms with Gasteiger partial charge in [0.2, 0.25) is 0 Å². The lowest BCUT2D eigenvalue weighted by Gasteiger charge is -2.24. The highest BCUT2D eigenvalue weighted by Gasteiger charge is 2.29. The van der Waals surface area contributed by atoms with E-state index in [0.29, 0.717) is 6.54 Å². The quantitative estimate of drug-likeness (QED) is 0.660. The molecular weight excluding hydrogens is 296 g/mol. The Labute approximate surface area is 137 Å². The molecule has 1 aliphatic rings. The first kappa shape index (κ1) is 17.2. The fraction of sp³-hybridized carbons (Fsp3) is 0.750. The van der Waals surface area contributed by atoms with Gasteiger partial charge in [0.25, 0.3) is 0 Å². The van der Waals surface area contributed by atoms with Crippen molar-refractivity contribution < 1.29 is 4.74 Å². The lowest BCUT2D eigenvalue weighted by atomic mass is 9.93. The first-order chi connectivity index (χ1) is 10.3. The molecule has 0 amide bonds. The van der Waals surface area contributed by atoms with Crippen molar-refractivity contribution in [2.45, 2.75) is 58.1 Å². The number of nitrogens with one attached hydrogen (secondary N) is 2. The van der Waals surface area contributed by atoms with E-state index in [-0.39, 0.29) is 11.0 Å². The second-order valence-corrected chi connectivity index (χ2v) is 8.00. The molecule has 2 N–H and O–H groups in total. The minimum absolute atomic E-state index is 0.0712. The van der Waals surface area contributed by atoms with Gasteiger partial charge >= 0.3 is 0 Å². The van der Waals surface area contributed by atoms with Gasteiger partial charge in [-0.3, -0.25) is 4.99 Å². The Morgan fingerprint density at radius 3 is 2.77 bits per heavy atom. The number of hydrogen-bond donors (Lipinski definition) is 2. The Balaban J connectivity index is 1.82. The van der Waals surface area contributed by atoms with Gasteiger partial charge in [0.1, 0.15) is 5.01 Å². The van der Waals surface area contributed by atoms with Crippen LogP contribution in [0.5, 0.6) is 0 Å². The molecule has 22 heavy (non-hydrogen) atoms. The molecule has 2 rings (SSSR count). The molecule has 5 nitrogen and oxygen atoms in total. The topological polar surface area (TPSA) is 58.5 Å². The summed E-state index contributed by atoms with van der Waals surface area (Å²) in [4.78, 5) is 8.95. The Morgan fingerprint density at radius 2 is 2.23 bits per heavy atom. The van der Waals surface area contributed by atoms with Crippen LogP contribution in [-0.4, -0.2) is 36.7 Å². The Morgan fingerprint density at radius 1 is 1.45 bits per heavy atom. The van der Waals surface area contributed by atoms with E-state index >= 15 is 0 Å². The molecule has 1 aromatic rings. The molecule has 0 aromatic carbocycles. The molecule has 0 radical (unpaired) electrons. The molecule has 1 atom stereocenters. The maximum absolute atomic E-state index is 5.78. The summed E-state index contributed by atoms with van der Waals surface area (Å²) in [6, 6.07) is 0. The van der Waals surface area contributed by atoms with E-state index in [4.69, 9.17) is 4.74 Å². The van der Waals surface area contributed by atoms with E-state index < -0.39 is 0 Å². The summed E-state index contributed by atoms with van der Waals surface area (Å²) in [5.41, 5.74) is 1.17. The molecule has 1 aliphatic heterocycles. The van der Waals surface area contributed by atoms with Gasteiger partial charge in [-0.05, 0) is 19.8 Å². The lowest BCUT2D eigenvalue weighted by Crippen LogP contribution is -2.45. The van der Waals surface area contributed by atoms with Crippen molar-refractivity contribution in [3.05, 3.63) is 16.1 Å². The molecule has 6 heteroatoms. The van der Waals surface area contributed by atoms with Crippen LogP contribution < -0.4 is 10.6 Å². The second kappa shape index (κ2) is 6.96. The first-order valence-corrected chi connectivity index (χ1v) is 8.74. The van der Waals surface area contributed by atoms with Crippen LogP contribution in [0.2, 0.25) is 0 Å². The average Bonchev–Trinajstić information content (AvgIpc) is 3.08. The standard InChI is InChI=1S/C16H28N4OS/c1-15(2,3)12-10-22-13(20-12)9-18-14(17-5)19-11-16(4)7-6-8-21-16/h10H,6-9,11H2,1-5H3,(H2,17,18,19). The third kappa shape index (κ3) is 4.68. The van der Waals surface area contributed by atoms with Gasteiger partial charge in [-0.1, -0.05) is 20.8 Å². The van der Waals surface area contributed by atoms with Gasteiger partial charge in [0.05, 0.1) is 17.8 Å². The maximum atomic E-state index is 5.78. The molecule has 1 aromatic heterocycles. The molecule has 0 aliphatic carbocycles. The van der Waals surface area contributed by atoms with Gasteiger partial charge in [0, 0.05) is 31.0 Å².